The van der Waals surface area contributed by atoms with Gasteiger partial charge in [0.2, 0.25) is 5.88 Å². The molecule has 0 spiro atoms. The van der Waals surface area contributed by atoms with Crippen LogP contribution in [0.1, 0.15) is 33.3 Å². The summed E-state index contributed by atoms with van der Waals surface area (Å²) in [5, 5.41) is 15.6. The van der Waals surface area contributed by atoms with E-state index >= 15 is 0 Å². The molecule has 1 heterocycles. The average Bonchev–Trinajstić information content (AvgIpc) is 3.14. The molecule has 0 radical (unpaired) electrons. The molecule has 36 heavy (non-hydrogen) atoms. The fourth-order valence-electron chi connectivity index (χ4n) is 4.14. The van der Waals surface area contributed by atoms with E-state index in [1.807, 2.05) is 49.5 Å². The molecular formula is C29H41N3O4. The van der Waals surface area contributed by atoms with Crippen LogP contribution in [-0.4, -0.2) is 59.3 Å². The highest BCUT2D eigenvalue weighted by Crippen LogP contribution is 2.34. The van der Waals surface area contributed by atoms with Gasteiger partial charge in [0, 0.05) is 38.9 Å². The van der Waals surface area contributed by atoms with Gasteiger partial charge in [-0.05, 0) is 36.1 Å². The van der Waals surface area contributed by atoms with Gasteiger partial charge >= 0.3 is 0 Å². The Bertz CT molecular complexity index is 1050. The molecular weight excluding hydrogens is 454 g/mol. The number of aliphatic hydroxyl groups excluding tert-OH is 1. The van der Waals surface area contributed by atoms with E-state index in [4.69, 9.17) is 19.3 Å². The summed E-state index contributed by atoms with van der Waals surface area (Å²) >= 11 is 0. The zero-order chi connectivity index (χ0) is 26.1. The van der Waals surface area contributed by atoms with Gasteiger partial charge in [0.05, 0.1) is 25.4 Å². The fourth-order valence-corrected chi connectivity index (χ4v) is 4.14. The standard InChI is InChI=1S/C29H41N3O4/c1-21(2)16-32(17-24(33)20-35-19-22(3)4)18-27-28(23-10-8-7-9-11-23)30-31(5)29(27)36-26-14-12-25(34-6)13-15-26/h7-15,21-22,24,33H,16-20H2,1-6H3/t24-/m0/s1. The van der Waals surface area contributed by atoms with E-state index in [9.17, 15) is 5.11 Å². The van der Waals surface area contributed by atoms with Crippen LogP contribution < -0.4 is 9.47 Å². The highest BCUT2D eigenvalue weighted by Gasteiger charge is 2.24. The minimum absolute atomic E-state index is 0.320. The minimum atomic E-state index is -0.578. The lowest BCUT2D eigenvalue weighted by Crippen LogP contribution is -2.37. The summed E-state index contributed by atoms with van der Waals surface area (Å²) in [6.45, 7) is 11.5. The van der Waals surface area contributed by atoms with Gasteiger partial charge in [-0.2, -0.15) is 5.10 Å². The Balaban J connectivity index is 1.91. The number of aliphatic hydroxyl groups is 1. The van der Waals surface area contributed by atoms with Crippen molar-refractivity contribution >= 4 is 0 Å². The van der Waals surface area contributed by atoms with Crippen LogP contribution in [0.4, 0.5) is 0 Å². The number of hydrogen-bond donors (Lipinski definition) is 1. The number of ether oxygens (including phenoxy) is 3. The molecule has 0 saturated carbocycles. The smallest absolute Gasteiger partial charge is 0.222 e. The first-order valence-electron chi connectivity index (χ1n) is 12.7. The molecule has 196 valence electrons. The van der Waals surface area contributed by atoms with Crippen molar-refractivity contribution in [1.29, 1.82) is 0 Å². The summed E-state index contributed by atoms with van der Waals surface area (Å²) in [5.74, 6) is 3.02. The summed E-state index contributed by atoms with van der Waals surface area (Å²) in [4.78, 5) is 2.26. The Morgan fingerprint density at radius 3 is 2.17 bits per heavy atom. The van der Waals surface area contributed by atoms with Gasteiger partial charge in [0.1, 0.15) is 17.2 Å². The third-order valence-electron chi connectivity index (χ3n) is 5.64. The van der Waals surface area contributed by atoms with Crippen LogP contribution in [-0.2, 0) is 18.3 Å². The predicted molar refractivity (Wildman–Crippen MR) is 143 cm³/mol. The maximum absolute atomic E-state index is 10.7. The van der Waals surface area contributed by atoms with E-state index in [1.165, 1.54) is 0 Å². The normalized spacial score (nSPS) is 12.5. The third-order valence-corrected chi connectivity index (χ3v) is 5.64. The predicted octanol–water partition coefficient (Wildman–Crippen LogP) is 5.38. The zero-order valence-corrected chi connectivity index (χ0v) is 22.5. The SMILES string of the molecule is COc1ccc(Oc2c(CN(CC(C)C)C[C@H](O)COCC(C)C)c(-c3ccccc3)nn2C)cc1. The first-order valence-corrected chi connectivity index (χ1v) is 12.7. The minimum Gasteiger partial charge on any atom is -0.497 e. The Labute approximate surface area is 215 Å². The van der Waals surface area contributed by atoms with Crippen LogP contribution in [0.15, 0.2) is 54.6 Å². The average molecular weight is 496 g/mol. The number of aryl methyl sites for hydroxylation is 1. The van der Waals surface area contributed by atoms with Gasteiger partial charge in [-0.15, -0.1) is 0 Å². The van der Waals surface area contributed by atoms with Gasteiger partial charge in [-0.3, -0.25) is 4.90 Å². The summed E-state index contributed by atoms with van der Waals surface area (Å²) in [5.41, 5.74) is 2.88. The Kier molecular flexibility index (Phi) is 10.3. The van der Waals surface area contributed by atoms with Gasteiger partial charge < -0.3 is 19.3 Å². The topological polar surface area (TPSA) is 69.0 Å². The molecule has 0 amide bonds. The highest BCUT2D eigenvalue weighted by molar-refractivity contribution is 5.65. The number of benzene rings is 2. The second-order valence-electron chi connectivity index (χ2n) is 10.1. The highest BCUT2D eigenvalue weighted by atomic mass is 16.5. The van der Waals surface area contributed by atoms with Crippen molar-refractivity contribution in [1.82, 2.24) is 14.7 Å². The monoisotopic (exact) mass is 495 g/mol. The first kappa shape index (κ1) is 27.7. The summed E-state index contributed by atoms with van der Waals surface area (Å²) in [6.07, 6.45) is -0.578. The lowest BCUT2D eigenvalue weighted by molar-refractivity contribution is 0.00516. The van der Waals surface area contributed by atoms with Crippen LogP contribution in [0.25, 0.3) is 11.3 Å². The summed E-state index contributed by atoms with van der Waals surface area (Å²) < 4.78 is 19.2. The summed E-state index contributed by atoms with van der Waals surface area (Å²) in [6, 6.07) is 17.7. The molecule has 0 saturated heterocycles. The van der Waals surface area contributed by atoms with Crippen LogP contribution >= 0.6 is 0 Å². The van der Waals surface area contributed by atoms with E-state index < -0.39 is 6.10 Å². The molecule has 0 aliphatic carbocycles. The largest absolute Gasteiger partial charge is 0.497 e. The number of methoxy groups -OCH3 is 1. The van der Waals surface area contributed by atoms with Crippen molar-refractivity contribution in [2.75, 3.05) is 33.4 Å². The molecule has 0 unspecified atom stereocenters. The molecule has 3 aromatic rings. The number of aromatic nitrogens is 2. The van der Waals surface area contributed by atoms with Gasteiger partial charge in [0.25, 0.3) is 0 Å². The van der Waals surface area contributed by atoms with Gasteiger partial charge in [-0.1, -0.05) is 58.0 Å². The van der Waals surface area contributed by atoms with Crippen molar-refractivity contribution in [2.45, 2.75) is 40.3 Å². The lowest BCUT2D eigenvalue weighted by Gasteiger charge is -2.27. The number of nitrogens with zero attached hydrogens (tertiary/aromatic N) is 3. The van der Waals surface area contributed by atoms with E-state index in [0.29, 0.717) is 49.8 Å². The van der Waals surface area contributed by atoms with Crippen LogP contribution in [0, 0.1) is 11.8 Å². The molecule has 1 aromatic heterocycles. The van der Waals surface area contributed by atoms with E-state index in [-0.39, 0.29) is 0 Å². The quantitative estimate of drug-likeness (QED) is 0.324. The van der Waals surface area contributed by atoms with E-state index in [2.05, 4.69) is 44.7 Å². The van der Waals surface area contributed by atoms with Gasteiger partial charge in [-0.25, -0.2) is 4.68 Å². The first-order chi connectivity index (χ1) is 17.3. The number of rotatable bonds is 14. The van der Waals surface area contributed by atoms with Crippen molar-refractivity contribution in [3.63, 3.8) is 0 Å². The second-order valence-corrected chi connectivity index (χ2v) is 10.1. The maximum atomic E-state index is 10.7. The maximum Gasteiger partial charge on any atom is 0.222 e. The Morgan fingerprint density at radius 2 is 1.56 bits per heavy atom. The molecule has 0 bridgehead atoms. The molecule has 3 rings (SSSR count). The second kappa shape index (κ2) is 13.4. The molecule has 0 fully saturated rings. The van der Waals surface area contributed by atoms with Gasteiger partial charge in [0.15, 0.2) is 0 Å². The summed E-state index contributed by atoms with van der Waals surface area (Å²) in [7, 11) is 3.54. The van der Waals surface area contributed by atoms with Crippen molar-refractivity contribution in [3.05, 3.63) is 60.2 Å². The molecule has 1 atom stereocenters. The van der Waals surface area contributed by atoms with Crippen molar-refractivity contribution < 1.29 is 19.3 Å². The molecule has 0 aliphatic rings. The molecule has 7 heteroatoms. The van der Waals surface area contributed by atoms with Crippen molar-refractivity contribution in [3.8, 4) is 28.6 Å². The van der Waals surface area contributed by atoms with E-state index in [1.54, 1.807) is 11.8 Å². The molecule has 1 N–H and O–H groups in total. The fraction of sp³-hybridized carbons (Fsp3) is 0.483. The lowest BCUT2D eigenvalue weighted by atomic mass is 10.1. The van der Waals surface area contributed by atoms with Crippen LogP contribution in [0.3, 0.4) is 0 Å². The Hall–Kier alpha value is -2.87. The van der Waals surface area contributed by atoms with Crippen LogP contribution in [0.2, 0.25) is 0 Å². The third kappa shape index (κ3) is 8.08. The molecule has 2 aromatic carbocycles. The molecule has 7 nitrogen and oxygen atoms in total. The van der Waals surface area contributed by atoms with Crippen LogP contribution in [0.5, 0.6) is 17.4 Å². The Morgan fingerprint density at radius 1 is 0.889 bits per heavy atom. The van der Waals surface area contributed by atoms with E-state index in [0.717, 1.165) is 29.1 Å². The zero-order valence-electron chi connectivity index (χ0n) is 22.5. The molecule has 0 aliphatic heterocycles. The number of hydrogen-bond acceptors (Lipinski definition) is 6. The van der Waals surface area contributed by atoms with Crippen molar-refractivity contribution in [2.24, 2.45) is 18.9 Å².